The Morgan fingerprint density at radius 3 is 2.68 bits per heavy atom. The lowest BCUT2D eigenvalue weighted by atomic mass is 10.0. The van der Waals surface area contributed by atoms with Gasteiger partial charge in [-0.15, -0.1) is 0 Å². The predicted octanol–water partition coefficient (Wildman–Crippen LogP) is 6.12. The number of carbonyl (C=O) groups excluding carboxylic acids is 1. The molecule has 0 radical (unpaired) electrons. The van der Waals surface area contributed by atoms with Crippen LogP contribution in [0.1, 0.15) is 48.4 Å². The quantitative estimate of drug-likeness (QED) is 0.190. The molecule has 37 heavy (non-hydrogen) atoms. The van der Waals surface area contributed by atoms with Crippen LogP contribution in [0.2, 0.25) is 0 Å². The number of aliphatic imine (C=N–C) groups is 1. The van der Waals surface area contributed by atoms with Gasteiger partial charge in [0.05, 0.1) is 11.4 Å². The number of ether oxygens (including phenoxy) is 1. The van der Waals surface area contributed by atoms with E-state index >= 15 is 0 Å². The molecule has 0 aliphatic heterocycles. The molecule has 1 fully saturated rings. The zero-order chi connectivity index (χ0) is 26.2. The van der Waals surface area contributed by atoms with E-state index in [0.717, 1.165) is 35.3 Å². The first-order valence-corrected chi connectivity index (χ1v) is 12.6. The zero-order valence-electron chi connectivity index (χ0n) is 20.8. The number of rotatable bonds is 8. The lowest BCUT2D eigenvalue weighted by Crippen LogP contribution is -2.29. The summed E-state index contributed by atoms with van der Waals surface area (Å²) in [6.45, 7) is 5.81. The Labute approximate surface area is 221 Å². The monoisotopic (exact) mass is 518 g/mol. The van der Waals surface area contributed by atoms with Crippen molar-refractivity contribution in [2.45, 2.75) is 45.1 Å². The number of nitrogens with one attached hydrogen (secondary N) is 2. The molecule has 1 aromatic heterocycles. The second kappa shape index (κ2) is 12.3. The minimum atomic E-state index is -0.356. The molecule has 8 nitrogen and oxygen atoms in total. The Morgan fingerprint density at radius 1 is 1.24 bits per heavy atom. The van der Waals surface area contributed by atoms with Crippen molar-refractivity contribution in [1.29, 1.82) is 0 Å². The number of nitrogens with zero attached hydrogens (tertiary/aromatic N) is 3. The maximum absolute atomic E-state index is 13.0. The van der Waals surface area contributed by atoms with Gasteiger partial charge in [0.2, 0.25) is 5.90 Å². The van der Waals surface area contributed by atoms with Crippen molar-refractivity contribution in [3.63, 3.8) is 0 Å². The van der Waals surface area contributed by atoms with Gasteiger partial charge in [0.15, 0.2) is 0 Å². The average molecular weight is 519 g/mol. The Balaban J connectivity index is 1.49. The van der Waals surface area contributed by atoms with Crippen LogP contribution in [0.3, 0.4) is 0 Å². The number of carbonyl (C=O) groups is 1. The Bertz CT molecular complexity index is 1310. The molecule has 0 spiro atoms. The van der Waals surface area contributed by atoms with E-state index in [2.05, 4.69) is 22.2 Å². The van der Waals surface area contributed by atoms with E-state index in [4.69, 9.17) is 27.2 Å². The van der Waals surface area contributed by atoms with Gasteiger partial charge in [0.25, 0.3) is 0 Å². The Hall–Kier alpha value is -4.04. The highest BCUT2D eigenvalue weighted by molar-refractivity contribution is 6.29. The summed E-state index contributed by atoms with van der Waals surface area (Å²) in [4.78, 5) is 17.0. The zero-order valence-corrected chi connectivity index (χ0v) is 21.5. The first-order chi connectivity index (χ1) is 17.9. The van der Waals surface area contributed by atoms with Crippen LogP contribution in [0.25, 0.3) is 5.69 Å². The average Bonchev–Trinajstić information content (AvgIpc) is 3.54. The van der Waals surface area contributed by atoms with Gasteiger partial charge in [0, 0.05) is 30.2 Å². The van der Waals surface area contributed by atoms with Crippen LogP contribution in [0.5, 0.6) is 5.75 Å². The highest BCUT2D eigenvalue weighted by Gasteiger charge is 2.22. The van der Waals surface area contributed by atoms with E-state index in [0.29, 0.717) is 17.5 Å². The summed E-state index contributed by atoms with van der Waals surface area (Å²) in [7, 11) is 0. The third-order valence-corrected chi connectivity index (χ3v) is 6.20. The molecule has 0 bridgehead atoms. The van der Waals surface area contributed by atoms with E-state index in [1.54, 1.807) is 10.7 Å². The molecule has 9 heteroatoms. The summed E-state index contributed by atoms with van der Waals surface area (Å²) < 4.78 is 7.64. The van der Waals surface area contributed by atoms with Gasteiger partial charge >= 0.3 is 6.03 Å². The first-order valence-electron chi connectivity index (χ1n) is 12.2. The van der Waals surface area contributed by atoms with Crippen molar-refractivity contribution >= 4 is 29.3 Å². The lowest BCUT2D eigenvalue weighted by Gasteiger charge is -2.13. The fourth-order valence-electron chi connectivity index (χ4n) is 4.29. The topological polar surface area (TPSA) is 107 Å². The molecular weight excluding hydrogens is 488 g/mol. The number of para-hydroxylation sites is 1. The van der Waals surface area contributed by atoms with Crippen molar-refractivity contribution in [1.82, 2.24) is 15.1 Å². The number of nitrogens with two attached hydrogens (primary N) is 1. The van der Waals surface area contributed by atoms with Crippen molar-refractivity contribution in [3.05, 3.63) is 95.4 Å². The van der Waals surface area contributed by atoms with Crippen LogP contribution in [0.4, 0.5) is 10.6 Å². The van der Waals surface area contributed by atoms with Crippen LogP contribution < -0.4 is 21.1 Å². The number of hydrogen-bond donors (Lipinski definition) is 3. The largest absolute Gasteiger partial charge is 0.439 e. The number of anilines is 1. The molecule has 0 unspecified atom stereocenters. The summed E-state index contributed by atoms with van der Waals surface area (Å²) in [5.41, 5.74) is 9.29. The third kappa shape index (κ3) is 7.01. The van der Waals surface area contributed by atoms with E-state index in [1.807, 2.05) is 55.5 Å². The number of benzene rings is 2. The lowest BCUT2D eigenvalue weighted by molar-refractivity contribution is 0.251. The molecule has 3 aromatic rings. The number of hydrogen-bond acceptors (Lipinski definition) is 5. The molecule has 1 saturated carbocycles. The molecule has 0 saturated heterocycles. The van der Waals surface area contributed by atoms with Gasteiger partial charge in [0.1, 0.15) is 16.7 Å². The van der Waals surface area contributed by atoms with Gasteiger partial charge in [-0.1, -0.05) is 66.9 Å². The highest BCUT2D eigenvalue weighted by Crippen LogP contribution is 2.35. The summed E-state index contributed by atoms with van der Waals surface area (Å²) in [6.07, 6.45) is 7.42. The van der Waals surface area contributed by atoms with Gasteiger partial charge in [-0.3, -0.25) is 5.32 Å². The van der Waals surface area contributed by atoms with Gasteiger partial charge in [-0.2, -0.15) is 5.10 Å². The SMILES string of the molecule is C=C(Cl)/N=C(\C=C/N)Oc1ccccc1CNC(=O)Nc1cc(C2CCCC2)nn1-c1ccc(C)cc1. The predicted molar refractivity (Wildman–Crippen MR) is 148 cm³/mol. The second-order valence-corrected chi connectivity index (χ2v) is 9.32. The Morgan fingerprint density at radius 2 is 1.97 bits per heavy atom. The summed E-state index contributed by atoms with van der Waals surface area (Å²) in [5, 5.41) is 10.8. The van der Waals surface area contributed by atoms with Crippen molar-refractivity contribution in [3.8, 4) is 11.4 Å². The minimum Gasteiger partial charge on any atom is -0.439 e. The molecule has 2 aromatic carbocycles. The molecular formula is C28H31ClN6O2. The van der Waals surface area contributed by atoms with Crippen molar-refractivity contribution < 1.29 is 9.53 Å². The van der Waals surface area contributed by atoms with Crippen LogP contribution in [-0.4, -0.2) is 21.7 Å². The number of urea groups is 1. The van der Waals surface area contributed by atoms with Crippen molar-refractivity contribution in [2.75, 3.05) is 5.32 Å². The van der Waals surface area contributed by atoms with E-state index in [9.17, 15) is 4.79 Å². The van der Waals surface area contributed by atoms with Crippen LogP contribution >= 0.6 is 11.6 Å². The number of halogens is 1. The molecule has 2 amide bonds. The molecule has 1 heterocycles. The van der Waals surface area contributed by atoms with E-state index in [1.165, 1.54) is 25.1 Å². The Kier molecular flexibility index (Phi) is 8.64. The fourth-order valence-corrected chi connectivity index (χ4v) is 4.37. The number of aromatic nitrogens is 2. The standard InChI is InChI=1S/C28H31ClN6O2/c1-19-11-13-23(14-12-19)35-26(17-24(34-35)21-7-3-4-8-21)33-28(36)31-18-22-9-5-6-10-25(22)37-27(15-16-30)32-20(2)29/h5-6,9-17,21H,2-4,7-8,18,30H2,1H3,(H2,31,33,36)/b16-15-,32-27+. The number of aryl methyl sites for hydroxylation is 1. The maximum Gasteiger partial charge on any atom is 0.320 e. The summed E-state index contributed by atoms with van der Waals surface area (Å²) >= 11 is 5.79. The molecule has 4 rings (SSSR count). The highest BCUT2D eigenvalue weighted by atomic mass is 35.5. The fraction of sp³-hybridized carbons (Fsp3) is 0.250. The smallest absolute Gasteiger partial charge is 0.320 e. The minimum absolute atomic E-state index is 0.0604. The maximum atomic E-state index is 13.0. The molecule has 4 N–H and O–H groups in total. The third-order valence-electron chi connectivity index (χ3n) is 6.12. The summed E-state index contributed by atoms with van der Waals surface area (Å²) in [5.74, 6) is 1.73. The van der Waals surface area contributed by atoms with E-state index in [-0.39, 0.29) is 23.6 Å². The number of amides is 2. The summed E-state index contributed by atoms with van der Waals surface area (Å²) in [6, 6.07) is 17.0. The molecule has 192 valence electrons. The van der Waals surface area contributed by atoms with Crippen molar-refractivity contribution in [2.24, 2.45) is 10.7 Å². The van der Waals surface area contributed by atoms with E-state index < -0.39 is 0 Å². The van der Waals surface area contributed by atoms with Gasteiger partial charge in [-0.25, -0.2) is 14.5 Å². The van der Waals surface area contributed by atoms with Gasteiger partial charge in [-0.05, 0) is 44.2 Å². The normalized spacial score (nSPS) is 14.2. The molecule has 1 aliphatic carbocycles. The van der Waals surface area contributed by atoms with Crippen LogP contribution in [0.15, 0.2) is 83.6 Å². The van der Waals surface area contributed by atoms with Gasteiger partial charge < -0.3 is 15.8 Å². The molecule has 0 atom stereocenters. The van der Waals surface area contributed by atoms with Crippen LogP contribution in [0, 0.1) is 6.92 Å². The first kappa shape index (κ1) is 26.0. The second-order valence-electron chi connectivity index (χ2n) is 8.89. The van der Waals surface area contributed by atoms with Crippen LogP contribution in [-0.2, 0) is 6.54 Å². The molecule has 1 aliphatic rings.